The van der Waals surface area contributed by atoms with E-state index in [2.05, 4.69) is 20.2 Å². The van der Waals surface area contributed by atoms with Gasteiger partial charge in [-0.05, 0) is 30.3 Å². The molecule has 3 aromatic rings. The van der Waals surface area contributed by atoms with Gasteiger partial charge in [0.05, 0.1) is 29.0 Å². The molecule has 0 saturated carbocycles. The molecule has 6 nitrogen and oxygen atoms in total. The highest BCUT2D eigenvalue weighted by atomic mass is 35.5. The number of rotatable bonds is 3. The van der Waals surface area contributed by atoms with Crippen molar-refractivity contribution in [3.63, 3.8) is 0 Å². The van der Waals surface area contributed by atoms with Crippen LogP contribution in [-0.4, -0.2) is 42.2 Å². The number of benzene rings is 1. The Balaban J connectivity index is 1.54. The first-order chi connectivity index (χ1) is 12.2. The van der Waals surface area contributed by atoms with Gasteiger partial charge in [0.1, 0.15) is 5.15 Å². The number of fused-ring (bicyclic) bond motifs is 1. The van der Waals surface area contributed by atoms with Gasteiger partial charge in [0.2, 0.25) is 0 Å². The van der Waals surface area contributed by atoms with Crippen molar-refractivity contribution < 1.29 is 9.53 Å². The van der Waals surface area contributed by atoms with E-state index in [1.165, 1.54) is 6.20 Å². The number of nitrogens with one attached hydrogen (secondary N) is 1. The fourth-order valence-electron chi connectivity index (χ4n) is 2.59. The third kappa shape index (κ3) is 3.58. The van der Waals surface area contributed by atoms with Gasteiger partial charge in [-0.2, -0.15) is 0 Å². The van der Waals surface area contributed by atoms with Crippen LogP contribution in [-0.2, 0) is 4.74 Å². The van der Waals surface area contributed by atoms with Gasteiger partial charge in [-0.25, -0.2) is 9.97 Å². The highest BCUT2D eigenvalue weighted by molar-refractivity contribution is 7.22. The number of carbonyl (C=O) groups is 1. The molecule has 4 rings (SSSR count). The van der Waals surface area contributed by atoms with Gasteiger partial charge >= 0.3 is 0 Å². The Bertz CT molecular complexity index is 907. The summed E-state index contributed by atoms with van der Waals surface area (Å²) in [4.78, 5) is 23.1. The lowest BCUT2D eigenvalue weighted by molar-refractivity contribution is 0.102. The van der Waals surface area contributed by atoms with Crippen LogP contribution in [0.2, 0.25) is 5.15 Å². The molecule has 1 aromatic carbocycles. The molecule has 1 aliphatic heterocycles. The lowest BCUT2D eigenvalue weighted by Crippen LogP contribution is -2.36. The number of carbonyl (C=O) groups excluding carboxylic acids is 1. The van der Waals surface area contributed by atoms with E-state index in [1.807, 2.05) is 18.2 Å². The topological polar surface area (TPSA) is 67.4 Å². The quantitative estimate of drug-likeness (QED) is 0.711. The van der Waals surface area contributed by atoms with Crippen molar-refractivity contribution in [2.24, 2.45) is 0 Å². The number of ether oxygens (including phenoxy) is 1. The number of nitrogens with zero attached hydrogens (tertiary/aromatic N) is 3. The van der Waals surface area contributed by atoms with E-state index in [-0.39, 0.29) is 5.91 Å². The van der Waals surface area contributed by atoms with E-state index in [0.29, 0.717) is 10.7 Å². The molecule has 0 radical (unpaired) electrons. The summed E-state index contributed by atoms with van der Waals surface area (Å²) in [5.41, 5.74) is 2.12. The molecule has 1 saturated heterocycles. The van der Waals surface area contributed by atoms with Gasteiger partial charge in [0.15, 0.2) is 5.13 Å². The van der Waals surface area contributed by atoms with Crippen LogP contribution in [0, 0.1) is 0 Å². The maximum atomic E-state index is 12.3. The molecule has 1 aliphatic rings. The minimum atomic E-state index is -0.221. The smallest absolute Gasteiger partial charge is 0.257 e. The number of halogens is 1. The van der Waals surface area contributed by atoms with Crippen molar-refractivity contribution in [1.29, 1.82) is 0 Å². The Kier molecular flexibility index (Phi) is 4.52. The number of thiazole rings is 1. The van der Waals surface area contributed by atoms with Gasteiger partial charge < -0.3 is 15.0 Å². The van der Waals surface area contributed by atoms with Crippen LogP contribution in [0.5, 0.6) is 0 Å². The number of hydrogen-bond acceptors (Lipinski definition) is 6. The van der Waals surface area contributed by atoms with Gasteiger partial charge in [-0.15, -0.1) is 0 Å². The summed E-state index contributed by atoms with van der Waals surface area (Å²) in [7, 11) is 0. The van der Waals surface area contributed by atoms with Crippen LogP contribution < -0.4 is 10.2 Å². The zero-order valence-electron chi connectivity index (χ0n) is 13.2. The maximum absolute atomic E-state index is 12.3. The molecule has 1 N–H and O–H groups in total. The molecule has 0 bridgehead atoms. The van der Waals surface area contributed by atoms with Crippen LogP contribution in [0.25, 0.3) is 10.2 Å². The SMILES string of the molecule is O=C(Nc1ccc2nc(N3CCOCC3)sc2c1)c1ccc(Cl)nc1. The molecule has 3 heterocycles. The molecule has 0 aliphatic carbocycles. The molecule has 1 fully saturated rings. The monoisotopic (exact) mass is 374 g/mol. The fraction of sp³-hybridized carbons (Fsp3) is 0.235. The van der Waals surface area contributed by atoms with Crippen molar-refractivity contribution in [1.82, 2.24) is 9.97 Å². The van der Waals surface area contributed by atoms with Crippen LogP contribution in [0.1, 0.15) is 10.4 Å². The number of morpholine rings is 1. The molecule has 128 valence electrons. The fourth-order valence-corrected chi connectivity index (χ4v) is 3.76. The summed E-state index contributed by atoms with van der Waals surface area (Å²) in [6, 6.07) is 8.96. The van der Waals surface area contributed by atoms with Gasteiger partial charge in [0.25, 0.3) is 5.91 Å². The van der Waals surface area contributed by atoms with E-state index in [0.717, 1.165) is 47.3 Å². The van der Waals surface area contributed by atoms with E-state index >= 15 is 0 Å². The Labute approximate surface area is 153 Å². The zero-order chi connectivity index (χ0) is 17.2. The van der Waals surface area contributed by atoms with Crippen LogP contribution >= 0.6 is 22.9 Å². The first kappa shape index (κ1) is 16.3. The lowest BCUT2D eigenvalue weighted by Gasteiger charge is -2.25. The molecular weight excluding hydrogens is 360 g/mol. The molecule has 25 heavy (non-hydrogen) atoms. The molecule has 8 heteroatoms. The molecule has 2 aromatic heterocycles. The van der Waals surface area contributed by atoms with E-state index in [1.54, 1.807) is 23.5 Å². The zero-order valence-corrected chi connectivity index (χ0v) is 14.8. The largest absolute Gasteiger partial charge is 0.378 e. The van der Waals surface area contributed by atoms with Crippen molar-refractivity contribution >= 4 is 49.9 Å². The maximum Gasteiger partial charge on any atom is 0.257 e. The van der Waals surface area contributed by atoms with Crippen LogP contribution in [0.15, 0.2) is 36.5 Å². The molecule has 0 spiro atoms. The van der Waals surface area contributed by atoms with Crippen molar-refractivity contribution in [3.8, 4) is 0 Å². The summed E-state index contributed by atoms with van der Waals surface area (Å²) >= 11 is 7.37. The summed E-state index contributed by atoms with van der Waals surface area (Å²) in [5.74, 6) is -0.221. The lowest BCUT2D eigenvalue weighted by atomic mass is 10.2. The van der Waals surface area contributed by atoms with E-state index in [4.69, 9.17) is 16.3 Å². The number of aromatic nitrogens is 2. The Morgan fingerprint density at radius 3 is 2.84 bits per heavy atom. The van der Waals surface area contributed by atoms with Crippen LogP contribution in [0.4, 0.5) is 10.8 Å². The summed E-state index contributed by atoms with van der Waals surface area (Å²) in [6.07, 6.45) is 1.46. The minimum absolute atomic E-state index is 0.221. The second-order valence-corrected chi connectivity index (χ2v) is 7.00. The number of amides is 1. The first-order valence-electron chi connectivity index (χ1n) is 7.85. The predicted molar refractivity (Wildman–Crippen MR) is 99.9 cm³/mol. The van der Waals surface area contributed by atoms with Crippen molar-refractivity contribution in [2.45, 2.75) is 0 Å². The number of pyridine rings is 1. The molecule has 1 amide bonds. The molecular formula is C17H15ClN4O2S. The van der Waals surface area contributed by atoms with Crippen molar-refractivity contribution in [2.75, 3.05) is 36.5 Å². The Hall–Kier alpha value is -2.22. The standard InChI is InChI=1S/C17H15ClN4O2S/c18-15-4-1-11(10-19-15)16(23)20-12-2-3-13-14(9-12)25-17(21-13)22-5-7-24-8-6-22/h1-4,9-10H,5-8H2,(H,20,23). The first-order valence-corrected chi connectivity index (χ1v) is 9.05. The highest BCUT2D eigenvalue weighted by Crippen LogP contribution is 2.31. The number of hydrogen-bond donors (Lipinski definition) is 1. The normalized spacial score (nSPS) is 14.7. The summed E-state index contributed by atoms with van der Waals surface area (Å²) in [6.45, 7) is 3.17. The second-order valence-electron chi connectivity index (χ2n) is 5.60. The van der Waals surface area contributed by atoms with E-state index < -0.39 is 0 Å². The van der Waals surface area contributed by atoms with Crippen LogP contribution in [0.3, 0.4) is 0 Å². The second kappa shape index (κ2) is 6.95. The van der Waals surface area contributed by atoms with E-state index in [9.17, 15) is 4.79 Å². The van der Waals surface area contributed by atoms with Gasteiger partial charge in [-0.3, -0.25) is 4.79 Å². The van der Waals surface area contributed by atoms with Gasteiger partial charge in [-0.1, -0.05) is 22.9 Å². The molecule has 0 atom stereocenters. The predicted octanol–water partition coefficient (Wildman–Crippen LogP) is 3.43. The third-order valence-corrected chi connectivity index (χ3v) is 5.21. The Morgan fingerprint density at radius 1 is 1.24 bits per heavy atom. The minimum Gasteiger partial charge on any atom is -0.378 e. The number of anilines is 2. The van der Waals surface area contributed by atoms with Crippen molar-refractivity contribution in [3.05, 3.63) is 47.2 Å². The summed E-state index contributed by atoms with van der Waals surface area (Å²) < 4.78 is 6.42. The average Bonchev–Trinajstić information content (AvgIpc) is 3.06. The third-order valence-electron chi connectivity index (χ3n) is 3.91. The summed E-state index contributed by atoms with van der Waals surface area (Å²) in [5, 5.41) is 4.23. The van der Waals surface area contributed by atoms with Gasteiger partial charge in [0, 0.05) is 25.0 Å². The highest BCUT2D eigenvalue weighted by Gasteiger charge is 2.16. The molecule has 0 unspecified atom stereocenters. The Morgan fingerprint density at radius 2 is 2.08 bits per heavy atom. The average molecular weight is 375 g/mol.